The van der Waals surface area contributed by atoms with Crippen LogP contribution in [0.5, 0.6) is 5.75 Å². The van der Waals surface area contributed by atoms with Gasteiger partial charge in [0.2, 0.25) is 5.91 Å². The van der Waals surface area contributed by atoms with Gasteiger partial charge in [-0.05, 0) is 48.4 Å². The van der Waals surface area contributed by atoms with E-state index < -0.39 is 12.0 Å². The van der Waals surface area contributed by atoms with Crippen LogP contribution in [0.25, 0.3) is 0 Å². The number of nitrogens with zero attached hydrogens (tertiary/aromatic N) is 1. The number of anilines is 2. The van der Waals surface area contributed by atoms with Gasteiger partial charge < -0.3 is 19.7 Å². The molecule has 0 fully saturated rings. The van der Waals surface area contributed by atoms with Crippen molar-refractivity contribution in [2.45, 2.75) is 64.3 Å². The molecule has 1 atom stereocenters. The summed E-state index contributed by atoms with van der Waals surface area (Å²) in [6.45, 7) is 2.99. The van der Waals surface area contributed by atoms with Crippen molar-refractivity contribution in [2.24, 2.45) is 0 Å². The first kappa shape index (κ1) is 35.0. The Hall–Kier alpha value is -4.91. The predicted octanol–water partition coefficient (Wildman–Crippen LogP) is 8.28. The van der Waals surface area contributed by atoms with Gasteiger partial charge in [-0.15, -0.1) is 0 Å². The van der Waals surface area contributed by atoms with Gasteiger partial charge in [-0.1, -0.05) is 112 Å². The van der Waals surface area contributed by atoms with Crippen molar-refractivity contribution in [1.82, 2.24) is 0 Å². The molecule has 4 rings (SSSR count). The van der Waals surface area contributed by atoms with E-state index in [-0.39, 0.29) is 11.7 Å². The highest BCUT2D eigenvalue weighted by Crippen LogP contribution is 2.23. The van der Waals surface area contributed by atoms with Crippen molar-refractivity contribution in [2.75, 3.05) is 30.5 Å². The fourth-order valence-corrected chi connectivity index (χ4v) is 5.48. The highest BCUT2D eigenvalue weighted by Gasteiger charge is 2.23. The van der Waals surface area contributed by atoms with E-state index in [1.807, 2.05) is 83.8 Å². The SMILES string of the molecule is CCCCCCCCC(=O)N(CCOc1ccc(CC(Nc2ccccc2C(=O)c2ccccc2)C(=O)OC)cc1)c1ccccc1. The maximum absolute atomic E-state index is 13.2. The fourth-order valence-electron chi connectivity index (χ4n) is 5.48. The Bertz CT molecular complexity index is 1540. The number of carbonyl (C=O) groups excluding carboxylic acids is 3. The lowest BCUT2D eigenvalue weighted by Gasteiger charge is -2.23. The number of esters is 1. The number of ether oxygens (including phenoxy) is 2. The average Bonchev–Trinajstić information content (AvgIpc) is 3.12. The molecule has 0 spiro atoms. The minimum atomic E-state index is -0.714. The van der Waals surface area contributed by atoms with Crippen molar-refractivity contribution >= 4 is 29.0 Å². The molecule has 47 heavy (non-hydrogen) atoms. The summed E-state index contributed by atoms with van der Waals surface area (Å²) in [5.41, 5.74) is 3.38. The van der Waals surface area contributed by atoms with Gasteiger partial charge in [0.15, 0.2) is 5.78 Å². The number of nitrogens with one attached hydrogen (secondary N) is 1. The fraction of sp³-hybridized carbons (Fsp3) is 0.325. The molecule has 0 heterocycles. The highest BCUT2D eigenvalue weighted by atomic mass is 16.5. The molecule has 4 aromatic carbocycles. The number of hydrogen-bond donors (Lipinski definition) is 1. The van der Waals surface area contributed by atoms with E-state index in [0.717, 1.165) is 24.1 Å². The molecule has 1 amide bonds. The molecule has 0 saturated heterocycles. The molecule has 0 aromatic heterocycles. The largest absolute Gasteiger partial charge is 0.492 e. The highest BCUT2D eigenvalue weighted by molar-refractivity contribution is 6.12. The minimum absolute atomic E-state index is 0.110. The van der Waals surface area contributed by atoms with Crippen molar-refractivity contribution in [3.8, 4) is 5.75 Å². The standard InChI is InChI=1S/C40H46N2O5/c1-3-4-5-6-7-14-23-38(43)42(33-19-12-9-13-20-33)28-29-47-34-26-24-31(25-27-34)30-37(40(45)46-2)41-36-22-16-15-21-35(36)39(44)32-17-10-8-11-18-32/h8-13,15-22,24-27,37,41H,3-7,14,23,28-30H2,1-2H3. The Morgan fingerprint density at radius 2 is 1.38 bits per heavy atom. The van der Waals surface area contributed by atoms with Gasteiger partial charge in [0.05, 0.1) is 13.7 Å². The lowest BCUT2D eigenvalue weighted by Crippen LogP contribution is -2.34. The number of benzene rings is 4. The molecule has 0 aliphatic rings. The Morgan fingerprint density at radius 3 is 2.09 bits per heavy atom. The van der Waals surface area contributed by atoms with Crippen LogP contribution in [0, 0.1) is 0 Å². The minimum Gasteiger partial charge on any atom is -0.492 e. The van der Waals surface area contributed by atoms with E-state index in [2.05, 4.69) is 12.2 Å². The number of hydrogen-bond acceptors (Lipinski definition) is 6. The van der Waals surface area contributed by atoms with Gasteiger partial charge in [0.25, 0.3) is 0 Å². The quantitative estimate of drug-likeness (QED) is 0.0635. The van der Waals surface area contributed by atoms with Crippen molar-refractivity contribution in [1.29, 1.82) is 0 Å². The summed E-state index contributed by atoms with van der Waals surface area (Å²) in [5.74, 6) is 0.221. The van der Waals surface area contributed by atoms with Crippen LogP contribution in [-0.4, -0.2) is 44.0 Å². The average molecular weight is 635 g/mol. The molecule has 7 nitrogen and oxygen atoms in total. The topological polar surface area (TPSA) is 84.9 Å². The van der Waals surface area contributed by atoms with Gasteiger partial charge in [-0.25, -0.2) is 4.79 Å². The van der Waals surface area contributed by atoms with Gasteiger partial charge in [0, 0.05) is 35.3 Å². The zero-order valence-corrected chi connectivity index (χ0v) is 27.5. The smallest absolute Gasteiger partial charge is 0.328 e. The Morgan fingerprint density at radius 1 is 0.745 bits per heavy atom. The molecule has 0 radical (unpaired) electrons. The van der Waals surface area contributed by atoms with Crippen LogP contribution in [0.2, 0.25) is 0 Å². The van der Waals surface area contributed by atoms with Crippen LogP contribution in [-0.2, 0) is 20.7 Å². The summed E-state index contributed by atoms with van der Waals surface area (Å²) < 4.78 is 11.1. The van der Waals surface area contributed by atoms with Crippen molar-refractivity contribution in [3.63, 3.8) is 0 Å². The molecule has 246 valence electrons. The molecular formula is C40H46N2O5. The van der Waals surface area contributed by atoms with Gasteiger partial charge in [0.1, 0.15) is 18.4 Å². The summed E-state index contributed by atoms with van der Waals surface area (Å²) in [5, 5.41) is 3.25. The van der Waals surface area contributed by atoms with Crippen LogP contribution in [0.15, 0.2) is 109 Å². The van der Waals surface area contributed by atoms with E-state index in [0.29, 0.717) is 48.6 Å². The zero-order chi connectivity index (χ0) is 33.3. The summed E-state index contributed by atoms with van der Waals surface area (Å²) in [6.07, 6.45) is 7.68. The number of unbranched alkanes of at least 4 members (excludes halogenated alkanes) is 5. The van der Waals surface area contributed by atoms with Gasteiger partial charge >= 0.3 is 5.97 Å². The molecule has 0 saturated carbocycles. The van der Waals surface area contributed by atoms with Crippen molar-refractivity contribution in [3.05, 3.63) is 126 Å². The lowest BCUT2D eigenvalue weighted by atomic mass is 10.00. The lowest BCUT2D eigenvalue weighted by molar-refractivity contribution is -0.141. The third kappa shape index (κ3) is 10.8. The van der Waals surface area contributed by atoms with Gasteiger partial charge in [-0.3, -0.25) is 9.59 Å². The third-order valence-electron chi connectivity index (χ3n) is 8.08. The number of amides is 1. The first-order chi connectivity index (χ1) is 23.0. The monoisotopic (exact) mass is 634 g/mol. The van der Waals surface area contributed by atoms with Crippen LogP contribution < -0.4 is 15.0 Å². The molecule has 4 aromatic rings. The summed E-state index contributed by atoms with van der Waals surface area (Å²) in [7, 11) is 1.35. The number of methoxy groups -OCH3 is 1. The van der Waals surface area contributed by atoms with Crippen LogP contribution in [0.1, 0.15) is 73.4 Å². The van der Waals surface area contributed by atoms with Gasteiger partial charge in [-0.2, -0.15) is 0 Å². The molecule has 0 bridgehead atoms. The number of rotatable bonds is 19. The molecule has 1 N–H and O–H groups in total. The van der Waals surface area contributed by atoms with E-state index in [1.165, 1.54) is 32.8 Å². The summed E-state index contributed by atoms with van der Waals surface area (Å²) in [6, 6.07) is 32.8. The van der Waals surface area contributed by atoms with E-state index >= 15 is 0 Å². The van der Waals surface area contributed by atoms with Crippen LogP contribution in [0.4, 0.5) is 11.4 Å². The molecular weight excluding hydrogens is 588 g/mol. The second kappa shape index (κ2) is 18.9. The Labute approximate surface area is 278 Å². The second-order valence-corrected chi connectivity index (χ2v) is 11.6. The number of carbonyl (C=O) groups is 3. The first-order valence-corrected chi connectivity index (χ1v) is 16.6. The van der Waals surface area contributed by atoms with Crippen molar-refractivity contribution < 1.29 is 23.9 Å². The first-order valence-electron chi connectivity index (χ1n) is 16.6. The Balaban J connectivity index is 1.35. The Kier molecular flexibility index (Phi) is 14.1. The van der Waals surface area contributed by atoms with Crippen LogP contribution >= 0.6 is 0 Å². The van der Waals surface area contributed by atoms with Crippen LogP contribution in [0.3, 0.4) is 0 Å². The maximum Gasteiger partial charge on any atom is 0.328 e. The van der Waals surface area contributed by atoms with E-state index in [9.17, 15) is 14.4 Å². The maximum atomic E-state index is 13.2. The molecule has 1 unspecified atom stereocenters. The predicted molar refractivity (Wildman–Crippen MR) is 188 cm³/mol. The van der Waals surface area contributed by atoms with E-state index in [4.69, 9.17) is 9.47 Å². The van der Waals surface area contributed by atoms with E-state index in [1.54, 1.807) is 30.3 Å². The molecule has 0 aliphatic carbocycles. The zero-order valence-electron chi connectivity index (χ0n) is 27.5. The molecule has 0 aliphatic heterocycles. The number of ketones is 1. The number of para-hydroxylation sites is 2. The third-order valence-corrected chi connectivity index (χ3v) is 8.08. The summed E-state index contributed by atoms with van der Waals surface area (Å²) >= 11 is 0. The second-order valence-electron chi connectivity index (χ2n) is 11.6. The normalized spacial score (nSPS) is 11.4. The molecule has 7 heteroatoms. The summed E-state index contributed by atoms with van der Waals surface area (Å²) in [4.78, 5) is 41.0.